The predicted molar refractivity (Wildman–Crippen MR) is 84.7 cm³/mol. The Morgan fingerprint density at radius 2 is 1.78 bits per heavy atom. The molecule has 0 nitrogen and oxygen atoms in total. The first-order valence-corrected chi connectivity index (χ1v) is 10.3. The van der Waals surface area contributed by atoms with Crippen LogP contribution in [0.5, 0.6) is 0 Å². The van der Waals surface area contributed by atoms with E-state index in [1.165, 1.54) is 21.3 Å². The molecule has 1 aromatic rings. The van der Waals surface area contributed by atoms with Crippen LogP contribution in [0.3, 0.4) is 0 Å². The molecule has 2 saturated carbocycles. The van der Waals surface area contributed by atoms with Crippen molar-refractivity contribution in [2.45, 2.75) is 31.8 Å². The van der Waals surface area contributed by atoms with Crippen LogP contribution in [-0.2, 0) is 0 Å². The molecule has 0 amide bonds. The molecule has 6 atom stereocenters. The van der Waals surface area contributed by atoms with Crippen molar-refractivity contribution in [2.75, 3.05) is 0 Å². The number of fused-ring (bicyclic) bond motifs is 8. The van der Waals surface area contributed by atoms with Crippen LogP contribution in [0.1, 0.15) is 12.8 Å². The van der Waals surface area contributed by atoms with E-state index in [0.29, 0.717) is 0 Å². The molecule has 0 spiro atoms. The first-order valence-electron chi connectivity index (χ1n) is 6.45. The predicted octanol–water partition coefficient (Wildman–Crippen LogP) is 5.32. The van der Waals surface area contributed by atoms with Gasteiger partial charge in [-0.3, -0.25) is 0 Å². The summed E-state index contributed by atoms with van der Waals surface area (Å²) in [7, 11) is 0. The van der Waals surface area contributed by atoms with Crippen LogP contribution in [0, 0.1) is 26.8 Å². The molecule has 1 aromatic heterocycles. The molecule has 0 N–H and O–H groups in total. The molecular formula is C13H12S5. The highest BCUT2D eigenvalue weighted by atomic mass is 32.2. The molecule has 18 heavy (non-hydrogen) atoms. The molecule has 0 unspecified atom stereocenters. The second kappa shape index (κ2) is 3.88. The topological polar surface area (TPSA) is 0 Å². The van der Waals surface area contributed by atoms with Crippen LogP contribution < -0.4 is 0 Å². The standard InChI is InChI=1S/C13H12S5/c14-13-17-11-12(18-13)16-10-8(15-11)4-7-5-1-2-6(3-5)9(7)10/h1-2,5-10H,3-4H2/t5-,6-,7+,8-,9-,10-/m0/s1. The fraction of sp³-hybridized carbons (Fsp3) is 0.615. The molecule has 94 valence electrons. The lowest BCUT2D eigenvalue weighted by Gasteiger charge is -2.29. The van der Waals surface area contributed by atoms with Gasteiger partial charge in [0.15, 0.2) is 0 Å². The van der Waals surface area contributed by atoms with E-state index < -0.39 is 0 Å². The van der Waals surface area contributed by atoms with Crippen molar-refractivity contribution >= 4 is 58.4 Å². The second-order valence-electron chi connectivity index (χ2n) is 5.69. The van der Waals surface area contributed by atoms with Gasteiger partial charge in [-0.05, 0) is 36.5 Å². The van der Waals surface area contributed by atoms with Crippen LogP contribution >= 0.6 is 58.4 Å². The molecular weight excluding hydrogens is 316 g/mol. The lowest BCUT2D eigenvalue weighted by atomic mass is 9.86. The number of hydrogen-bond acceptors (Lipinski definition) is 5. The molecule has 5 heteroatoms. The summed E-state index contributed by atoms with van der Waals surface area (Å²) in [6.45, 7) is 0. The molecule has 0 radical (unpaired) electrons. The Morgan fingerprint density at radius 1 is 1.00 bits per heavy atom. The highest BCUT2D eigenvalue weighted by Crippen LogP contribution is 2.65. The summed E-state index contributed by atoms with van der Waals surface area (Å²) in [6.07, 6.45) is 7.94. The van der Waals surface area contributed by atoms with Crippen LogP contribution in [0.4, 0.5) is 0 Å². The third-order valence-electron chi connectivity index (χ3n) is 4.96. The first-order chi connectivity index (χ1) is 8.79. The van der Waals surface area contributed by atoms with E-state index in [1.807, 2.05) is 22.7 Å². The van der Waals surface area contributed by atoms with Gasteiger partial charge >= 0.3 is 0 Å². The summed E-state index contributed by atoms with van der Waals surface area (Å²) in [5, 5.41) is 1.73. The van der Waals surface area contributed by atoms with Gasteiger partial charge in [-0.15, -0.1) is 46.2 Å². The van der Waals surface area contributed by atoms with Crippen molar-refractivity contribution in [3.05, 3.63) is 15.3 Å². The largest absolute Gasteiger partial charge is 0.145 e. The van der Waals surface area contributed by atoms with Crippen molar-refractivity contribution in [3.63, 3.8) is 0 Å². The van der Waals surface area contributed by atoms with Crippen molar-refractivity contribution in [1.29, 1.82) is 0 Å². The average Bonchev–Trinajstić information content (AvgIpc) is 3.03. The van der Waals surface area contributed by atoms with Crippen LogP contribution in [0.2, 0.25) is 0 Å². The van der Waals surface area contributed by atoms with Crippen molar-refractivity contribution in [1.82, 2.24) is 0 Å². The Balaban J connectivity index is 1.55. The van der Waals surface area contributed by atoms with Gasteiger partial charge in [-0.1, -0.05) is 24.4 Å². The van der Waals surface area contributed by atoms with E-state index in [4.69, 9.17) is 12.2 Å². The maximum atomic E-state index is 5.36. The van der Waals surface area contributed by atoms with Crippen LogP contribution in [0.25, 0.3) is 0 Å². The average molecular weight is 329 g/mol. The molecule has 2 heterocycles. The lowest BCUT2D eigenvalue weighted by Crippen LogP contribution is -2.26. The smallest absolute Gasteiger partial charge is 0.109 e. The van der Waals surface area contributed by atoms with Gasteiger partial charge in [0, 0.05) is 10.5 Å². The first kappa shape index (κ1) is 11.4. The number of thioether (sulfide) groups is 2. The van der Waals surface area contributed by atoms with E-state index in [-0.39, 0.29) is 0 Å². The Bertz CT molecular complexity index is 597. The summed E-state index contributed by atoms with van der Waals surface area (Å²) < 4.78 is 4.17. The van der Waals surface area contributed by atoms with Gasteiger partial charge in [0.2, 0.25) is 0 Å². The third-order valence-corrected chi connectivity index (χ3v) is 11.4. The minimum atomic E-state index is 0.864. The Kier molecular flexibility index (Phi) is 2.45. The second-order valence-corrected chi connectivity index (χ2v) is 11.9. The Hall–Kier alpha value is 0.710. The van der Waals surface area contributed by atoms with E-state index in [9.17, 15) is 0 Å². The van der Waals surface area contributed by atoms with E-state index in [1.54, 1.807) is 0 Å². The van der Waals surface area contributed by atoms with E-state index in [2.05, 4.69) is 35.7 Å². The molecule has 0 saturated heterocycles. The number of hydrogen-bond donors (Lipinski definition) is 0. The van der Waals surface area contributed by atoms with Crippen molar-refractivity contribution < 1.29 is 0 Å². The van der Waals surface area contributed by atoms with Gasteiger partial charge in [0.25, 0.3) is 0 Å². The fourth-order valence-corrected chi connectivity index (χ4v) is 11.8. The van der Waals surface area contributed by atoms with Crippen LogP contribution in [-0.4, -0.2) is 10.5 Å². The molecule has 1 aliphatic heterocycles. The fourth-order valence-electron chi connectivity index (χ4n) is 4.36. The molecule has 4 aliphatic rings. The lowest BCUT2D eigenvalue weighted by molar-refractivity contribution is 0.369. The molecule has 5 rings (SSSR count). The highest BCUT2D eigenvalue weighted by molar-refractivity contribution is 8.09. The minimum Gasteiger partial charge on any atom is -0.109 e. The Morgan fingerprint density at radius 3 is 2.67 bits per heavy atom. The van der Waals surface area contributed by atoms with E-state index >= 15 is 0 Å². The maximum absolute atomic E-state index is 5.36. The maximum Gasteiger partial charge on any atom is 0.145 e. The van der Waals surface area contributed by atoms with Gasteiger partial charge in [0.1, 0.15) is 3.14 Å². The third kappa shape index (κ3) is 1.43. The summed E-state index contributed by atoms with van der Waals surface area (Å²) in [4.78, 5) is 0. The summed E-state index contributed by atoms with van der Waals surface area (Å²) in [5.41, 5.74) is 0. The van der Waals surface area contributed by atoms with Gasteiger partial charge in [-0.2, -0.15) is 0 Å². The zero-order chi connectivity index (χ0) is 11.9. The van der Waals surface area contributed by atoms with Gasteiger partial charge in [0.05, 0.1) is 8.42 Å². The Labute approximate surface area is 128 Å². The molecule has 3 aliphatic carbocycles. The summed E-state index contributed by atoms with van der Waals surface area (Å²) in [5.74, 6) is 3.78. The summed E-state index contributed by atoms with van der Waals surface area (Å²) >= 11 is 13.4. The minimum absolute atomic E-state index is 0.864. The van der Waals surface area contributed by atoms with Gasteiger partial charge < -0.3 is 0 Å². The van der Waals surface area contributed by atoms with Gasteiger partial charge in [-0.25, -0.2) is 0 Å². The monoisotopic (exact) mass is 328 g/mol. The SMILES string of the molecule is S=c1sc2c(s1)S[C@H]1C[C@H]3[C@@H]([C@H]1S2)[C@H]1C=C[C@H]3C1. The van der Waals surface area contributed by atoms with Crippen molar-refractivity contribution in [2.24, 2.45) is 23.7 Å². The van der Waals surface area contributed by atoms with Crippen LogP contribution in [0.15, 0.2) is 20.6 Å². The quantitative estimate of drug-likeness (QED) is 0.467. The molecule has 0 aromatic carbocycles. The van der Waals surface area contributed by atoms with E-state index in [0.717, 1.165) is 37.3 Å². The zero-order valence-electron chi connectivity index (χ0n) is 9.57. The number of rotatable bonds is 0. The molecule has 2 bridgehead atoms. The normalized spacial score (nSPS) is 47.1. The molecule has 2 fully saturated rings. The summed E-state index contributed by atoms with van der Waals surface area (Å²) in [6, 6.07) is 0. The highest BCUT2D eigenvalue weighted by Gasteiger charge is 2.56. The zero-order valence-corrected chi connectivity index (χ0v) is 13.7. The van der Waals surface area contributed by atoms with Crippen molar-refractivity contribution in [3.8, 4) is 0 Å². The number of allylic oxidation sites excluding steroid dienone is 2.